The zero-order valence-electron chi connectivity index (χ0n) is 24.5. The van der Waals surface area contributed by atoms with E-state index in [2.05, 4.69) is 30.8 Å². The molecule has 44 heavy (non-hydrogen) atoms. The molecule has 0 aliphatic heterocycles. The van der Waals surface area contributed by atoms with Crippen LogP contribution in [-0.4, -0.2) is 51.2 Å². The third kappa shape index (κ3) is 5.64. The molecular weight excluding hydrogens is 560 g/mol. The lowest BCUT2D eigenvalue weighted by molar-refractivity contribution is 0.276. The van der Waals surface area contributed by atoms with Gasteiger partial charge in [0.15, 0.2) is 5.65 Å². The first kappa shape index (κ1) is 28.7. The first-order valence-corrected chi connectivity index (χ1v) is 14.4. The highest BCUT2D eigenvalue weighted by molar-refractivity contribution is 5.78. The van der Waals surface area contributed by atoms with E-state index < -0.39 is 6.04 Å². The molecule has 0 aliphatic rings. The van der Waals surface area contributed by atoms with Gasteiger partial charge in [-0.15, -0.1) is 10.2 Å². The molecular formula is C31H32N10O3. The van der Waals surface area contributed by atoms with Crippen LogP contribution in [0.3, 0.4) is 0 Å². The van der Waals surface area contributed by atoms with Crippen LogP contribution in [0.2, 0.25) is 0 Å². The highest BCUT2D eigenvalue weighted by Gasteiger charge is 2.21. The number of hydrogen-bond donors (Lipinski definition) is 3. The van der Waals surface area contributed by atoms with Gasteiger partial charge in [-0.3, -0.25) is 14.5 Å². The number of hydrogen-bond acceptors (Lipinski definition) is 11. The van der Waals surface area contributed by atoms with Crippen molar-refractivity contribution in [1.82, 2.24) is 39.5 Å². The molecule has 0 unspecified atom stereocenters. The van der Waals surface area contributed by atoms with E-state index in [1.165, 1.54) is 0 Å². The molecule has 6 aromatic rings. The Kier molecular flexibility index (Phi) is 8.10. The molecule has 0 spiro atoms. The predicted octanol–water partition coefficient (Wildman–Crippen LogP) is 4.98. The Hall–Kier alpha value is -5.43. The highest BCUT2D eigenvalue weighted by Crippen LogP contribution is 2.31. The van der Waals surface area contributed by atoms with E-state index in [0.29, 0.717) is 40.5 Å². The van der Waals surface area contributed by atoms with Crippen molar-refractivity contribution in [3.63, 3.8) is 0 Å². The van der Waals surface area contributed by atoms with Gasteiger partial charge in [0, 0.05) is 25.0 Å². The van der Waals surface area contributed by atoms with Gasteiger partial charge in [0.25, 0.3) is 17.3 Å². The molecule has 0 radical (unpaired) electrons. The largest absolute Gasteiger partial charge is 0.414 e. The van der Waals surface area contributed by atoms with Crippen LogP contribution in [0.5, 0.6) is 0 Å². The Bertz CT molecular complexity index is 1930. The van der Waals surface area contributed by atoms with Crippen LogP contribution in [0.15, 0.2) is 82.3 Å². The maximum absolute atomic E-state index is 13.1. The van der Waals surface area contributed by atoms with Gasteiger partial charge in [-0.2, -0.15) is 4.98 Å². The summed E-state index contributed by atoms with van der Waals surface area (Å²) in [6.07, 6.45) is 4.03. The van der Waals surface area contributed by atoms with Crippen LogP contribution in [0.25, 0.3) is 34.1 Å². The highest BCUT2D eigenvalue weighted by atomic mass is 16.4. The minimum atomic E-state index is -0.482. The van der Waals surface area contributed by atoms with E-state index in [4.69, 9.17) is 14.4 Å². The van der Waals surface area contributed by atoms with Crippen molar-refractivity contribution in [1.29, 1.82) is 0 Å². The first-order chi connectivity index (χ1) is 21.5. The van der Waals surface area contributed by atoms with E-state index in [9.17, 15) is 9.90 Å². The fraction of sp³-hybridized carbons (Fsp3) is 0.258. The van der Waals surface area contributed by atoms with E-state index in [-0.39, 0.29) is 35.9 Å². The lowest BCUT2D eigenvalue weighted by atomic mass is 10.1. The molecule has 0 saturated heterocycles. The quantitative estimate of drug-likeness (QED) is 0.186. The van der Waals surface area contributed by atoms with Crippen molar-refractivity contribution >= 4 is 28.6 Å². The number of rotatable bonds is 11. The Morgan fingerprint density at radius 2 is 1.75 bits per heavy atom. The molecule has 6 rings (SSSR count). The fourth-order valence-electron chi connectivity index (χ4n) is 4.99. The summed E-state index contributed by atoms with van der Waals surface area (Å²) in [5.74, 6) is 1.50. The Labute approximate surface area is 252 Å². The summed E-state index contributed by atoms with van der Waals surface area (Å²) in [4.78, 5) is 31.4. The number of anilines is 3. The normalized spacial score (nSPS) is 12.1. The minimum absolute atomic E-state index is 0.0274. The van der Waals surface area contributed by atoms with E-state index in [1.54, 1.807) is 41.3 Å². The van der Waals surface area contributed by atoms with E-state index >= 15 is 0 Å². The number of benzene rings is 1. The van der Waals surface area contributed by atoms with E-state index in [1.807, 2.05) is 61.9 Å². The Balaban J connectivity index is 1.39. The third-order valence-electron chi connectivity index (χ3n) is 7.01. The smallest absolute Gasteiger partial charge is 0.276 e. The average Bonchev–Trinajstić information content (AvgIpc) is 3.64. The molecule has 13 nitrogen and oxygen atoms in total. The van der Waals surface area contributed by atoms with Crippen LogP contribution < -0.4 is 16.2 Å². The number of aromatic nitrogens is 8. The predicted molar refractivity (Wildman–Crippen MR) is 166 cm³/mol. The third-order valence-corrected chi connectivity index (χ3v) is 7.01. The van der Waals surface area contributed by atoms with Crippen molar-refractivity contribution in [2.24, 2.45) is 0 Å². The van der Waals surface area contributed by atoms with Gasteiger partial charge in [-0.05, 0) is 50.1 Å². The number of nitrogens with zero attached hydrogens (tertiary/aromatic N) is 8. The van der Waals surface area contributed by atoms with Gasteiger partial charge < -0.3 is 20.2 Å². The number of aliphatic hydroxyl groups excluding tert-OH is 1. The molecule has 13 heteroatoms. The maximum Gasteiger partial charge on any atom is 0.276 e. The van der Waals surface area contributed by atoms with Crippen LogP contribution in [0.4, 0.5) is 17.6 Å². The molecule has 1 aromatic carbocycles. The zero-order chi connectivity index (χ0) is 30.6. The zero-order valence-corrected chi connectivity index (χ0v) is 24.5. The summed E-state index contributed by atoms with van der Waals surface area (Å²) in [6, 6.07) is 18.0. The second-order valence-electron chi connectivity index (χ2n) is 10.4. The van der Waals surface area contributed by atoms with Crippen molar-refractivity contribution in [2.75, 3.05) is 17.2 Å². The van der Waals surface area contributed by atoms with Crippen LogP contribution in [0, 0.1) is 0 Å². The molecule has 0 bridgehead atoms. The van der Waals surface area contributed by atoms with Gasteiger partial charge in [0.1, 0.15) is 17.3 Å². The minimum Gasteiger partial charge on any atom is -0.414 e. The molecule has 0 fully saturated rings. The molecule has 0 amide bonds. The summed E-state index contributed by atoms with van der Waals surface area (Å²) in [7, 11) is 0. The molecule has 0 saturated carbocycles. The maximum atomic E-state index is 13.1. The topological polar surface area (TPSA) is 162 Å². The van der Waals surface area contributed by atoms with E-state index in [0.717, 1.165) is 12.0 Å². The van der Waals surface area contributed by atoms with Crippen molar-refractivity contribution in [3.8, 4) is 23.0 Å². The Morgan fingerprint density at radius 3 is 2.48 bits per heavy atom. The van der Waals surface area contributed by atoms with Crippen molar-refractivity contribution in [3.05, 3.63) is 89.0 Å². The fourth-order valence-corrected chi connectivity index (χ4v) is 4.99. The molecule has 5 heterocycles. The lowest BCUT2D eigenvalue weighted by Crippen LogP contribution is -2.24. The SMILES string of the molecule is CCCn1c(=O)c2ccc(Nc3ncc(-c4nnc(-c5ccccn5)o4)c(N[C@H](CO)c4ccccc4)n3)nc2n1C(C)C. The van der Waals surface area contributed by atoms with Crippen molar-refractivity contribution in [2.45, 2.75) is 45.8 Å². The molecule has 1 atom stereocenters. The molecule has 224 valence electrons. The summed E-state index contributed by atoms with van der Waals surface area (Å²) in [5, 5.41) is 25.7. The molecule has 0 aliphatic carbocycles. The van der Waals surface area contributed by atoms with Crippen LogP contribution in [-0.2, 0) is 6.54 Å². The summed E-state index contributed by atoms with van der Waals surface area (Å²) < 4.78 is 9.62. The number of nitrogens with one attached hydrogen (secondary N) is 2. The molecule has 5 aromatic heterocycles. The number of pyridine rings is 2. The van der Waals surface area contributed by atoms with Crippen LogP contribution in [0.1, 0.15) is 44.8 Å². The summed E-state index contributed by atoms with van der Waals surface area (Å²) in [5.41, 5.74) is 2.35. The number of aliphatic hydroxyl groups is 1. The van der Waals surface area contributed by atoms with Crippen LogP contribution >= 0.6 is 0 Å². The first-order valence-electron chi connectivity index (χ1n) is 14.4. The van der Waals surface area contributed by atoms with Gasteiger partial charge in [0.2, 0.25) is 5.95 Å². The van der Waals surface area contributed by atoms with Gasteiger partial charge in [0.05, 0.1) is 23.6 Å². The van der Waals surface area contributed by atoms with Gasteiger partial charge >= 0.3 is 0 Å². The average molecular weight is 593 g/mol. The van der Waals surface area contributed by atoms with Gasteiger partial charge in [-0.1, -0.05) is 43.3 Å². The molecule has 3 N–H and O–H groups in total. The standard InChI is InChI=1S/C31H32N10O3/c1-4-16-40-30(43)21-13-14-25(35-27(21)41(40)19(2)3)36-31-33-17-22(28-38-39-29(44-28)23-12-8-9-15-32-23)26(37-31)34-24(18-42)20-10-6-5-7-11-20/h5-15,17,19,24,42H,4,16,18H2,1-3H3,(H2,33,34,35,36,37)/t24-/m1/s1. The summed E-state index contributed by atoms with van der Waals surface area (Å²) >= 11 is 0. The van der Waals surface area contributed by atoms with Gasteiger partial charge in [-0.25, -0.2) is 14.6 Å². The van der Waals surface area contributed by atoms with Crippen molar-refractivity contribution < 1.29 is 9.52 Å². The summed E-state index contributed by atoms with van der Waals surface area (Å²) in [6.45, 7) is 6.48. The second-order valence-corrected chi connectivity index (χ2v) is 10.4. The Morgan fingerprint density at radius 1 is 0.955 bits per heavy atom. The second kappa shape index (κ2) is 12.4. The number of fused-ring (bicyclic) bond motifs is 1. The lowest BCUT2D eigenvalue weighted by Gasteiger charge is -2.19. The monoisotopic (exact) mass is 592 g/mol.